The average molecular weight is 230 g/mol. The van der Waals surface area contributed by atoms with Crippen molar-refractivity contribution in [3.8, 4) is 0 Å². The maximum Gasteiger partial charge on any atom is 0.0664 e. The molecule has 78 valence electrons. The van der Waals surface area contributed by atoms with Crippen LogP contribution in [0, 0.1) is 0 Å². The van der Waals surface area contributed by atoms with Crippen molar-refractivity contribution in [3.05, 3.63) is 18.5 Å². The lowest BCUT2D eigenvalue weighted by atomic mass is 10.4. The summed E-state index contributed by atoms with van der Waals surface area (Å²) in [6.07, 6.45) is 6.17. The van der Waals surface area contributed by atoms with Gasteiger partial charge in [0.2, 0.25) is 0 Å². The molecule has 0 saturated carbocycles. The Bertz CT molecular complexity index is 317. The topological polar surface area (TPSA) is 56.0 Å². The predicted molar refractivity (Wildman–Crippen MR) is 62.9 cm³/mol. The molecule has 1 aromatic rings. The summed E-state index contributed by atoms with van der Waals surface area (Å²) in [5.74, 6) is 1.71. The number of nitrogens with two attached hydrogens (primary N) is 1. The van der Waals surface area contributed by atoms with Gasteiger partial charge in [0.15, 0.2) is 0 Å². The van der Waals surface area contributed by atoms with Crippen LogP contribution in [0.25, 0.3) is 0 Å². The molecule has 1 atom stereocenters. The molecule has 0 amide bonds. The fourth-order valence-electron chi connectivity index (χ4n) is 1.05. The highest BCUT2D eigenvalue weighted by Crippen LogP contribution is 2.14. The molecule has 1 aromatic heterocycles. The molecule has 0 radical (unpaired) electrons. The zero-order valence-electron chi connectivity index (χ0n) is 8.10. The first-order chi connectivity index (χ1) is 6.75. The maximum atomic E-state index is 11.7. The van der Waals surface area contributed by atoms with Gasteiger partial charge in [-0.15, -0.1) is 0 Å². The van der Waals surface area contributed by atoms with Gasteiger partial charge in [-0.1, -0.05) is 0 Å². The van der Waals surface area contributed by atoms with E-state index in [1.807, 2.05) is 6.26 Å². The lowest BCUT2D eigenvalue weighted by Gasteiger charge is -2.03. The molecule has 2 N–H and O–H groups in total. The van der Waals surface area contributed by atoms with Crippen LogP contribution in [-0.4, -0.2) is 27.0 Å². The summed E-state index contributed by atoms with van der Waals surface area (Å²) in [4.78, 5) is 4.57. The van der Waals surface area contributed by atoms with Gasteiger partial charge in [0.1, 0.15) is 0 Å². The Morgan fingerprint density at radius 2 is 2.43 bits per heavy atom. The van der Waals surface area contributed by atoms with Crippen LogP contribution in [0.1, 0.15) is 6.42 Å². The summed E-state index contributed by atoms with van der Waals surface area (Å²) in [6.45, 7) is 0. The average Bonchev–Trinajstić information content (AvgIpc) is 2.18. The number of anilines is 1. The number of thioether (sulfide) groups is 1. The van der Waals surface area contributed by atoms with Gasteiger partial charge in [0.05, 0.1) is 27.6 Å². The van der Waals surface area contributed by atoms with E-state index >= 15 is 0 Å². The van der Waals surface area contributed by atoms with Crippen LogP contribution in [0.3, 0.4) is 0 Å². The normalized spacial score (nSPS) is 12.6. The van der Waals surface area contributed by atoms with Gasteiger partial charge >= 0.3 is 0 Å². The third kappa shape index (κ3) is 3.31. The van der Waals surface area contributed by atoms with E-state index < -0.39 is 10.8 Å². The number of nitrogen functional groups attached to an aromatic ring is 1. The van der Waals surface area contributed by atoms with Crippen molar-refractivity contribution in [2.75, 3.05) is 23.5 Å². The van der Waals surface area contributed by atoms with Crippen molar-refractivity contribution in [1.82, 2.24) is 4.98 Å². The van der Waals surface area contributed by atoms with Gasteiger partial charge < -0.3 is 5.73 Å². The van der Waals surface area contributed by atoms with Crippen molar-refractivity contribution in [2.24, 2.45) is 0 Å². The lowest BCUT2D eigenvalue weighted by Crippen LogP contribution is -2.03. The minimum Gasteiger partial charge on any atom is -0.396 e. The van der Waals surface area contributed by atoms with E-state index in [-0.39, 0.29) is 0 Å². The van der Waals surface area contributed by atoms with Crippen molar-refractivity contribution < 1.29 is 4.21 Å². The number of hydrogen-bond acceptors (Lipinski definition) is 4. The minimum absolute atomic E-state index is 0.523. The van der Waals surface area contributed by atoms with Crippen LogP contribution in [0.4, 0.5) is 5.69 Å². The van der Waals surface area contributed by atoms with E-state index in [9.17, 15) is 4.21 Å². The predicted octanol–water partition coefficient (Wildman–Crippen LogP) is 1.52. The minimum atomic E-state index is -0.975. The summed E-state index contributed by atoms with van der Waals surface area (Å²) in [7, 11) is -0.975. The number of rotatable bonds is 5. The zero-order valence-corrected chi connectivity index (χ0v) is 9.74. The Hall–Kier alpha value is -0.550. The van der Waals surface area contributed by atoms with Gasteiger partial charge in [-0.05, 0) is 24.5 Å². The molecule has 0 aliphatic rings. The molecule has 0 spiro atoms. The van der Waals surface area contributed by atoms with E-state index in [1.54, 1.807) is 30.2 Å². The van der Waals surface area contributed by atoms with Crippen LogP contribution in [0.5, 0.6) is 0 Å². The molecule has 0 aliphatic heterocycles. The Morgan fingerprint density at radius 1 is 1.64 bits per heavy atom. The molecule has 0 bridgehead atoms. The van der Waals surface area contributed by atoms with E-state index in [1.165, 1.54) is 0 Å². The Labute approximate surface area is 90.9 Å². The summed E-state index contributed by atoms with van der Waals surface area (Å²) >= 11 is 1.76. The summed E-state index contributed by atoms with van der Waals surface area (Å²) in [6, 6.07) is 1.73. The monoisotopic (exact) mass is 230 g/mol. The Balaban J connectivity index is 2.56. The molecule has 0 aromatic carbocycles. The molecule has 0 fully saturated rings. The standard InChI is InChI=1S/C9H14N2OS2/c1-13-5-2-6-14(12)9-3-4-11-7-8(9)10/h3-4,7H,2,5-6,10H2,1H3. The Morgan fingerprint density at radius 3 is 3.07 bits per heavy atom. The largest absolute Gasteiger partial charge is 0.396 e. The number of nitrogens with zero attached hydrogens (tertiary/aromatic N) is 1. The van der Waals surface area contributed by atoms with Crippen LogP contribution in [0.15, 0.2) is 23.4 Å². The molecular formula is C9H14N2OS2. The van der Waals surface area contributed by atoms with E-state index in [0.717, 1.165) is 12.2 Å². The van der Waals surface area contributed by atoms with Crippen LogP contribution < -0.4 is 5.73 Å². The summed E-state index contributed by atoms with van der Waals surface area (Å²) in [5, 5.41) is 0. The second kappa shape index (κ2) is 6.03. The molecular weight excluding hydrogens is 216 g/mol. The van der Waals surface area contributed by atoms with Crippen LogP contribution in [0.2, 0.25) is 0 Å². The summed E-state index contributed by atoms with van der Waals surface area (Å²) in [5.41, 5.74) is 6.19. The molecule has 1 heterocycles. The SMILES string of the molecule is CSCCCS(=O)c1ccncc1N. The number of aromatic nitrogens is 1. The fraction of sp³-hybridized carbons (Fsp3) is 0.444. The van der Waals surface area contributed by atoms with E-state index in [0.29, 0.717) is 16.3 Å². The van der Waals surface area contributed by atoms with E-state index in [4.69, 9.17) is 5.73 Å². The first-order valence-electron chi connectivity index (χ1n) is 4.32. The quantitative estimate of drug-likeness (QED) is 0.779. The molecule has 14 heavy (non-hydrogen) atoms. The zero-order chi connectivity index (χ0) is 10.4. The second-order valence-electron chi connectivity index (χ2n) is 2.81. The van der Waals surface area contributed by atoms with Gasteiger partial charge in [0.25, 0.3) is 0 Å². The van der Waals surface area contributed by atoms with Crippen LogP contribution >= 0.6 is 11.8 Å². The van der Waals surface area contributed by atoms with Crippen molar-refractivity contribution in [3.63, 3.8) is 0 Å². The molecule has 0 aliphatic carbocycles. The third-order valence-corrected chi connectivity index (χ3v) is 3.95. The first-order valence-corrected chi connectivity index (χ1v) is 7.03. The van der Waals surface area contributed by atoms with Gasteiger partial charge in [-0.3, -0.25) is 9.19 Å². The third-order valence-electron chi connectivity index (χ3n) is 1.73. The highest BCUT2D eigenvalue weighted by atomic mass is 32.2. The van der Waals surface area contributed by atoms with Crippen molar-refractivity contribution in [1.29, 1.82) is 0 Å². The van der Waals surface area contributed by atoms with Crippen LogP contribution in [-0.2, 0) is 10.8 Å². The molecule has 5 heteroatoms. The highest BCUT2D eigenvalue weighted by Gasteiger charge is 2.06. The van der Waals surface area contributed by atoms with Crippen molar-refractivity contribution in [2.45, 2.75) is 11.3 Å². The number of hydrogen-bond donors (Lipinski definition) is 1. The molecule has 3 nitrogen and oxygen atoms in total. The van der Waals surface area contributed by atoms with E-state index in [2.05, 4.69) is 4.98 Å². The summed E-state index contributed by atoms with van der Waals surface area (Å²) < 4.78 is 11.7. The number of pyridine rings is 1. The molecule has 0 saturated heterocycles. The smallest absolute Gasteiger partial charge is 0.0664 e. The molecule has 1 rings (SSSR count). The lowest BCUT2D eigenvalue weighted by molar-refractivity contribution is 0.682. The second-order valence-corrected chi connectivity index (χ2v) is 5.33. The van der Waals surface area contributed by atoms with Gasteiger partial charge in [-0.2, -0.15) is 11.8 Å². The fourth-order valence-corrected chi connectivity index (χ4v) is 2.82. The van der Waals surface area contributed by atoms with Gasteiger partial charge in [0, 0.05) is 11.9 Å². The first kappa shape index (κ1) is 11.5. The van der Waals surface area contributed by atoms with Gasteiger partial charge in [-0.25, -0.2) is 0 Å². The maximum absolute atomic E-state index is 11.7. The highest BCUT2D eigenvalue weighted by molar-refractivity contribution is 7.98. The molecule has 1 unspecified atom stereocenters. The Kier molecular flexibility index (Phi) is 4.97. The van der Waals surface area contributed by atoms with Crippen molar-refractivity contribution >= 4 is 28.2 Å².